The van der Waals surface area contributed by atoms with Crippen molar-refractivity contribution < 1.29 is 13.2 Å². The molecule has 110 valence electrons. The molecule has 1 aliphatic heterocycles. The Morgan fingerprint density at radius 2 is 1.70 bits per heavy atom. The topological polar surface area (TPSA) is 80.5 Å². The van der Waals surface area contributed by atoms with Gasteiger partial charge in [0.2, 0.25) is 10.0 Å². The number of carbonyl (C=O) groups is 1. The zero-order valence-electron chi connectivity index (χ0n) is 11.0. The number of nitrogens with zero attached hydrogens (tertiary/aromatic N) is 1. The predicted octanol–water partition coefficient (Wildman–Crippen LogP) is 2.11. The first-order chi connectivity index (χ1) is 9.38. The van der Waals surface area contributed by atoms with Crippen LogP contribution in [-0.4, -0.2) is 32.3 Å². The van der Waals surface area contributed by atoms with Crippen LogP contribution in [0.25, 0.3) is 0 Å². The third-order valence-electron chi connectivity index (χ3n) is 3.34. The lowest BCUT2D eigenvalue weighted by atomic mass is 10.2. The lowest BCUT2D eigenvalue weighted by Gasteiger charge is -2.20. The van der Waals surface area contributed by atoms with Gasteiger partial charge in [-0.25, -0.2) is 13.6 Å². The summed E-state index contributed by atoms with van der Waals surface area (Å²) < 4.78 is 23.4. The van der Waals surface area contributed by atoms with Gasteiger partial charge >= 0.3 is 0 Å². The van der Waals surface area contributed by atoms with E-state index in [1.807, 2.05) is 0 Å². The molecule has 5 nitrogen and oxygen atoms in total. The maximum absolute atomic E-state index is 12.5. The molecule has 0 radical (unpaired) electrons. The maximum atomic E-state index is 12.5. The third-order valence-corrected chi connectivity index (χ3v) is 4.69. The first kappa shape index (κ1) is 15.5. The maximum Gasteiger partial charge on any atom is 0.253 e. The Bertz CT molecular complexity index is 608. The Morgan fingerprint density at radius 3 is 2.25 bits per heavy atom. The van der Waals surface area contributed by atoms with Gasteiger partial charge in [0.1, 0.15) is 0 Å². The van der Waals surface area contributed by atoms with E-state index in [0.29, 0.717) is 10.0 Å². The van der Waals surface area contributed by atoms with Crippen LogP contribution in [0, 0.1) is 0 Å². The molecule has 7 heteroatoms. The molecule has 0 bridgehead atoms. The van der Waals surface area contributed by atoms with Gasteiger partial charge in [-0.05, 0) is 31.0 Å². The lowest BCUT2D eigenvalue weighted by Crippen LogP contribution is -2.32. The Labute approximate surface area is 127 Å². The molecule has 1 fully saturated rings. The van der Waals surface area contributed by atoms with Gasteiger partial charge < -0.3 is 4.90 Å². The van der Waals surface area contributed by atoms with E-state index in [4.69, 9.17) is 5.14 Å². The number of nitrogens with two attached hydrogens (primary N) is 1. The van der Waals surface area contributed by atoms with Crippen LogP contribution in [0.2, 0.25) is 0 Å². The number of amides is 1. The van der Waals surface area contributed by atoms with Crippen LogP contribution in [0.15, 0.2) is 27.6 Å². The van der Waals surface area contributed by atoms with E-state index in [-0.39, 0.29) is 10.8 Å². The summed E-state index contributed by atoms with van der Waals surface area (Å²) in [6.07, 6.45) is 4.24. The minimum atomic E-state index is -3.82. The molecule has 0 spiro atoms. The predicted molar refractivity (Wildman–Crippen MR) is 79.9 cm³/mol. The Hall–Kier alpha value is -0.920. The summed E-state index contributed by atoms with van der Waals surface area (Å²) in [6, 6.07) is 4.36. The summed E-state index contributed by atoms with van der Waals surface area (Å²) in [6.45, 7) is 1.44. The second-order valence-electron chi connectivity index (χ2n) is 4.93. The van der Waals surface area contributed by atoms with Gasteiger partial charge in [0.05, 0.1) is 4.90 Å². The van der Waals surface area contributed by atoms with E-state index in [0.717, 1.165) is 38.8 Å². The van der Waals surface area contributed by atoms with Crippen molar-refractivity contribution in [1.82, 2.24) is 4.90 Å². The number of carbonyl (C=O) groups excluding carboxylic acids is 1. The molecule has 0 unspecified atom stereocenters. The summed E-state index contributed by atoms with van der Waals surface area (Å²) in [4.78, 5) is 14.2. The van der Waals surface area contributed by atoms with Crippen molar-refractivity contribution in [2.45, 2.75) is 30.6 Å². The largest absolute Gasteiger partial charge is 0.339 e. The van der Waals surface area contributed by atoms with Crippen molar-refractivity contribution in [3.05, 3.63) is 28.2 Å². The fourth-order valence-electron chi connectivity index (χ4n) is 2.31. The molecule has 0 aliphatic carbocycles. The van der Waals surface area contributed by atoms with Crippen LogP contribution < -0.4 is 5.14 Å². The number of rotatable bonds is 2. The molecule has 0 saturated carbocycles. The number of halogens is 1. The highest BCUT2D eigenvalue weighted by molar-refractivity contribution is 9.10. The van der Waals surface area contributed by atoms with Crippen LogP contribution >= 0.6 is 15.9 Å². The van der Waals surface area contributed by atoms with Crippen LogP contribution in [0.5, 0.6) is 0 Å². The van der Waals surface area contributed by atoms with Crippen LogP contribution in [0.1, 0.15) is 36.0 Å². The number of benzene rings is 1. The summed E-state index contributed by atoms with van der Waals surface area (Å²) in [5, 5.41) is 5.12. The lowest BCUT2D eigenvalue weighted by molar-refractivity contribution is 0.0761. The second kappa shape index (κ2) is 6.24. The zero-order chi connectivity index (χ0) is 14.8. The van der Waals surface area contributed by atoms with E-state index in [1.165, 1.54) is 12.1 Å². The average Bonchev–Trinajstić information content (AvgIpc) is 2.65. The van der Waals surface area contributed by atoms with Crippen LogP contribution in [0.3, 0.4) is 0 Å². The van der Waals surface area contributed by atoms with E-state index < -0.39 is 10.0 Å². The van der Waals surface area contributed by atoms with Crippen molar-refractivity contribution in [3.8, 4) is 0 Å². The van der Waals surface area contributed by atoms with Crippen molar-refractivity contribution in [1.29, 1.82) is 0 Å². The Balaban J connectivity index is 2.32. The van der Waals surface area contributed by atoms with Gasteiger partial charge in [-0.1, -0.05) is 28.8 Å². The number of primary sulfonamides is 1. The number of sulfonamides is 1. The van der Waals surface area contributed by atoms with Crippen LogP contribution in [0.4, 0.5) is 0 Å². The van der Waals surface area contributed by atoms with Crippen LogP contribution in [-0.2, 0) is 10.0 Å². The van der Waals surface area contributed by atoms with Gasteiger partial charge in [-0.3, -0.25) is 4.79 Å². The third kappa shape index (κ3) is 3.80. The molecule has 1 aliphatic rings. The van der Waals surface area contributed by atoms with E-state index in [2.05, 4.69) is 15.9 Å². The van der Waals surface area contributed by atoms with Crippen molar-refractivity contribution in [2.24, 2.45) is 5.14 Å². The molecule has 0 aromatic heterocycles. The molecular formula is C13H17BrN2O3S. The molecule has 1 saturated heterocycles. The molecule has 0 atom stereocenters. The van der Waals surface area contributed by atoms with Gasteiger partial charge in [0.25, 0.3) is 5.91 Å². The SMILES string of the molecule is NS(=O)(=O)c1cc(Br)cc(C(=O)N2CCCCCC2)c1. The summed E-state index contributed by atoms with van der Waals surface area (Å²) in [5.41, 5.74) is 0.352. The first-order valence-corrected chi connectivity index (χ1v) is 8.84. The molecule has 20 heavy (non-hydrogen) atoms. The summed E-state index contributed by atoms with van der Waals surface area (Å²) in [5.74, 6) is -0.141. The highest BCUT2D eigenvalue weighted by Crippen LogP contribution is 2.21. The van der Waals surface area contributed by atoms with E-state index in [1.54, 1.807) is 11.0 Å². The highest BCUT2D eigenvalue weighted by atomic mass is 79.9. The van der Waals surface area contributed by atoms with E-state index >= 15 is 0 Å². The quantitative estimate of drug-likeness (QED) is 0.876. The summed E-state index contributed by atoms with van der Waals surface area (Å²) >= 11 is 3.22. The average molecular weight is 361 g/mol. The molecule has 1 heterocycles. The number of likely N-dealkylation sites (tertiary alicyclic amines) is 1. The second-order valence-corrected chi connectivity index (χ2v) is 7.40. The zero-order valence-corrected chi connectivity index (χ0v) is 13.4. The van der Waals surface area contributed by atoms with Crippen molar-refractivity contribution in [3.63, 3.8) is 0 Å². The molecule has 2 rings (SSSR count). The van der Waals surface area contributed by atoms with Crippen molar-refractivity contribution >= 4 is 31.9 Å². The fourth-order valence-corrected chi connectivity index (χ4v) is 3.53. The normalized spacial score (nSPS) is 16.8. The molecule has 2 N–H and O–H groups in total. The van der Waals surface area contributed by atoms with Gasteiger partial charge in [0.15, 0.2) is 0 Å². The fraction of sp³-hybridized carbons (Fsp3) is 0.462. The number of hydrogen-bond donors (Lipinski definition) is 1. The van der Waals surface area contributed by atoms with E-state index in [9.17, 15) is 13.2 Å². The summed E-state index contributed by atoms with van der Waals surface area (Å²) in [7, 11) is -3.82. The molecule has 1 aromatic rings. The monoisotopic (exact) mass is 360 g/mol. The minimum Gasteiger partial charge on any atom is -0.339 e. The highest BCUT2D eigenvalue weighted by Gasteiger charge is 2.20. The smallest absolute Gasteiger partial charge is 0.253 e. The number of hydrogen-bond acceptors (Lipinski definition) is 3. The molecular weight excluding hydrogens is 344 g/mol. The van der Waals surface area contributed by atoms with Crippen molar-refractivity contribution in [2.75, 3.05) is 13.1 Å². The molecule has 1 aromatic carbocycles. The first-order valence-electron chi connectivity index (χ1n) is 6.50. The standard InChI is InChI=1S/C13H17BrN2O3S/c14-11-7-10(8-12(9-11)20(15,18)19)13(17)16-5-3-1-2-4-6-16/h7-9H,1-6H2,(H2,15,18,19). The Morgan fingerprint density at radius 1 is 1.10 bits per heavy atom. The minimum absolute atomic E-state index is 0.0509. The van der Waals surface area contributed by atoms with Gasteiger partial charge in [0, 0.05) is 23.1 Å². The Kier molecular flexibility index (Phi) is 4.82. The molecule has 1 amide bonds. The van der Waals surface area contributed by atoms with Gasteiger partial charge in [-0.15, -0.1) is 0 Å². The van der Waals surface area contributed by atoms with Gasteiger partial charge in [-0.2, -0.15) is 0 Å².